The summed E-state index contributed by atoms with van der Waals surface area (Å²) >= 11 is 0. The van der Waals surface area contributed by atoms with E-state index in [-0.39, 0.29) is 11.7 Å². The first-order chi connectivity index (χ1) is 11.6. The molecule has 1 aliphatic rings. The predicted octanol–water partition coefficient (Wildman–Crippen LogP) is 0.857. The summed E-state index contributed by atoms with van der Waals surface area (Å²) in [5, 5.41) is 4.21. The summed E-state index contributed by atoms with van der Waals surface area (Å²) in [5.74, 6) is -0.744. The molecule has 130 valence electrons. The highest BCUT2D eigenvalue weighted by atomic mass is 16.5. The smallest absolute Gasteiger partial charge is 0.338 e. The molecule has 1 heterocycles. The number of hydrogen-bond acceptors (Lipinski definition) is 6. The van der Waals surface area contributed by atoms with E-state index in [1.807, 2.05) is 5.32 Å². The van der Waals surface area contributed by atoms with Crippen LogP contribution < -0.4 is 15.4 Å². The summed E-state index contributed by atoms with van der Waals surface area (Å²) in [6, 6.07) is 5.73. The third-order valence-electron chi connectivity index (χ3n) is 3.36. The SMILES string of the molecule is CNC(=O)NC(=O)COC(=O)c1ccc(OCC2CCCO2)cc1. The molecule has 0 radical (unpaired) electrons. The number of carbonyl (C=O) groups is 3. The zero-order valence-corrected chi connectivity index (χ0v) is 13.4. The van der Waals surface area contributed by atoms with Crippen molar-refractivity contribution in [1.29, 1.82) is 0 Å². The monoisotopic (exact) mass is 336 g/mol. The highest BCUT2D eigenvalue weighted by molar-refractivity contribution is 5.96. The van der Waals surface area contributed by atoms with Crippen molar-refractivity contribution in [2.24, 2.45) is 0 Å². The van der Waals surface area contributed by atoms with Crippen molar-refractivity contribution in [3.63, 3.8) is 0 Å². The molecule has 0 spiro atoms. The standard InChI is InChI=1S/C16H20N2O6/c1-17-16(21)18-14(19)10-24-15(20)11-4-6-12(7-5-11)23-9-13-3-2-8-22-13/h4-7,13H,2-3,8-10H2,1H3,(H2,17,18,19,21). The van der Waals surface area contributed by atoms with Gasteiger partial charge in [-0.3, -0.25) is 10.1 Å². The lowest BCUT2D eigenvalue weighted by atomic mass is 10.2. The lowest BCUT2D eigenvalue weighted by Gasteiger charge is -2.11. The van der Waals surface area contributed by atoms with E-state index in [1.54, 1.807) is 24.3 Å². The second kappa shape index (κ2) is 8.88. The van der Waals surface area contributed by atoms with Crippen molar-refractivity contribution in [2.75, 3.05) is 26.9 Å². The Hall–Kier alpha value is -2.61. The Kier molecular flexibility index (Phi) is 6.56. The van der Waals surface area contributed by atoms with Crippen LogP contribution in [0.5, 0.6) is 5.75 Å². The molecule has 1 fully saturated rings. The number of urea groups is 1. The number of carbonyl (C=O) groups excluding carboxylic acids is 3. The van der Waals surface area contributed by atoms with Crippen molar-refractivity contribution in [2.45, 2.75) is 18.9 Å². The molecule has 1 atom stereocenters. The minimum absolute atomic E-state index is 0.119. The molecule has 3 amide bonds. The summed E-state index contributed by atoms with van der Waals surface area (Å²) in [5.41, 5.74) is 0.284. The second-order valence-electron chi connectivity index (χ2n) is 5.17. The normalized spacial score (nSPS) is 16.3. The van der Waals surface area contributed by atoms with Gasteiger partial charge in [0.25, 0.3) is 5.91 Å². The Morgan fingerprint density at radius 1 is 1.25 bits per heavy atom. The summed E-state index contributed by atoms with van der Waals surface area (Å²) in [4.78, 5) is 34.1. The number of ether oxygens (including phenoxy) is 3. The number of esters is 1. The first-order valence-electron chi connectivity index (χ1n) is 7.61. The molecule has 2 N–H and O–H groups in total. The third-order valence-corrected chi connectivity index (χ3v) is 3.36. The molecule has 24 heavy (non-hydrogen) atoms. The molecule has 8 heteroatoms. The summed E-state index contributed by atoms with van der Waals surface area (Å²) in [6.45, 7) is 0.708. The molecule has 1 saturated heterocycles. The molecular weight excluding hydrogens is 316 g/mol. The Labute approximate surface area is 139 Å². The quantitative estimate of drug-likeness (QED) is 0.747. The molecule has 0 saturated carbocycles. The van der Waals surface area contributed by atoms with E-state index in [4.69, 9.17) is 14.2 Å². The van der Waals surface area contributed by atoms with E-state index in [0.29, 0.717) is 12.4 Å². The lowest BCUT2D eigenvalue weighted by molar-refractivity contribution is -0.123. The van der Waals surface area contributed by atoms with E-state index in [0.717, 1.165) is 19.4 Å². The van der Waals surface area contributed by atoms with Crippen LogP contribution in [0.4, 0.5) is 4.79 Å². The Morgan fingerprint density at radius 2 is 2.00 bits per heavy atom. The van der Waals surface area contributed by atoms with Gasteiger partial charge in [-0.25, -0.2) is 9.59 Å². The Morgan fingerprint density at radius 3 is 2.62 bits per heavy atom. The zero-order chi connectivity index (χ0) is 17.4. The number of nitrogens with one attached hydrogen (secondary N) is 2. The summed E-state index contributed by atoms with van der Waals surface area (Å²) in [6.07, 6.45) is 2.16. The first kappa shape index (κ1) is 17.7. The third kappa shape index (κ3) is 5.54. The molecule has 8 nitrogen and oxygen atoms in total. The molecule has 0 aliphatic carbocycles. The van der Waals surface area contributed by atoms with Crippen LogP contribution >= 0.6 is 0 Å². The van der Waals surface area contributed by atoms with Crippen LogP contribution in [0.1, 0.15) is 23.2 Å². The van der Waals surface area contributed by atoms with Crippen molar-refractivity contribution >= 4 is 17.9 Å². The van der Waals surface area contributed by atoms with E-state index in [9.17, 15) is 14.4 Å². The largest absolute Gasteiger partial charge is 0.491 e. The molecule has 1 aromatic carbocycles. The lowest BCUT2D eigenvalue weighted by Crippen LogP contribution is -2.39. The van der Waals surface area contributed by atoms with E-state index in [1.165, 1.54) is 7.05 Å². The van der Waals surface area contributed by atoms with Gasteiger partial charge >= 0.3 is 12.0 Å². The van der Waals surface area contributed by atoms with Gasteiger partial charge in [-0.15, -0.1) is 0 Å². The van der Waals surface area contributed by atoms with E-state index < -0.39 is 24.5 Å². The fourth-order valence-corrected chi connectivity index (χ4v) is 2.09. The number of imide groups is 1. The molecule has 1 aromatic rings. The second-order valence-corrected chi connectivity index (χ2v) is 5.17. The minimum Gasteiger partial charge on any atom is -0.491 e. The van der Waals surface area contributed by atoms with Crippen molar-refractivity contribution < 1.29 is 28.6 Å². The fourth-order valence-electron chi connectivity index (χ4n) is 2.09. The fraction of sp³-hybridized carbons (Fsp3) is 0.438. The molecule has 1 unspecified atom stereocenters. The average molecular weight is 336 g/mol. The van der Waals surface area contributed by atoms with Gasteiger partial charge in [0.05, 0.1) is 11.7 Å². The molecular formula is C16H20N2O6. The van der Waals surface area contributed by atoms with Gasteiger partial charge in [0, 0.05) is 13.7 Å². The van der Waals surface area contributed by atoms with Crippen molar-refractivity contribution in [3.8, 4) is 5.75 Å². The maximum absolute atomic E-state index is 11.8. The average Bonchev–Trinajstić information content (AvgIpc) is 3.11. The Balaban J connectivity index is 1.75. The van der Waals surface area contributed by atoms with Crippen LogP contribution in [0, 0.1) is 0 Å². The van der Waals surface area contributed by atoms with E-state index >= 15 is 0 Å². The van der Waals surface area contributed by atoms with Crippen LogP contribution in [-0.2, 0) is 14.3 Å². The molecule has 1 aliphatic heterocycles. The zero-order valence-electron chi connectivity index (χ0n) is 13.4. The first-order valence-corrected chi connectivity index (χ1v) is 7.61. The maximum atomic E-state index is 11.8. The van der Waals surface area contributed by atoms with Crippen LogP contribution in [0.3, 0.4) is 0 Å². The highest BCUT2D eigenvalue weighted by Crippen LogP contribution is 2.17. The molecule has 0 aromatic heterocycles. The van der Waals surface area contributed by atoms with Crippen molar-refractivity contribution in [3.05, 3.63) is 29.8 Å². The predicted molar refractivity (Wildman–Crippen MR) is 83.8 cm³/mol. The van der Waals surface area contributed by atoms with Gasteiger partial charge in [-0.05, 0) is 37.1 Å². The minimum atomic E-state index is -0.709. The van der Waals surface area contributed by atoms with Crippen LogP contribution in [0.25, 0.3) is 0 Å². The number of benzene rings is 1. The Bertz CT molecular complexity index is 581. The van der Waals surface area contributed by atoms with Crippen LogP contribution in [0.15, 0.2) is 24.3 Å². The number of hydrogen-bond donors (Lipinski definition) is 2. The van der Waals surface area contributed by atoms with Crippen LogP contribution in [0.2, 0.25) is 0 Å². The molecule has 0 bridgehead atoms. The van der Waals surface area contributed by atoms with Crippen molar-refractivity contribution in [1.82, 2.24) is 10.6 Å². The van der Waals surface area contributed by atoms with Gasteiger partial charge in [0.2, 0.25) is 0 Å². The highest BCUT2D eigenvalue weighted by Gasteiger charge is 2.16. The van der Waals surface area contributed by atoms with Crippen LogP contribution in [-0.4, -0.2) is 50.9 Å². The van der Waals surface area contributed by atoms with Gasteiger partial charge in [0.15, 0.2) is 6.61 Å². The summed E-state index contributed by atoms with van der Waals surface area (Å²) in [7, 11) is 1.37. The topological polar surface area (TPSA) is 103 Å². The molecule has 2 rings (SSSR count). The van der Waals surface area contributed by atoms with Gasteiger partial charge in [0.1, 0.15) is 12.4 Å². The van der Waals surface area contributed by atoms with Gasteiger partial charge in [-0.2, -0.15) is 0 Å². The number of rotatable bonds is 6. The number of amides is 3. The van der Waals surface area contributed by atoms with Gasteiger partial charge < -0.3 is 19.5 Å². The van der Waals surface area contributed by atoms with Gasteiger partial charge in [-0.1, -0.05) is 0 Å². The maximum Gasteiger partial charge on any atom is 0.338 e. The van der Waals surface area contributed by atoms with E-state index in [2.05, 4.69) is 5.32 Å². The summed E-state index contributed by atoms with van der Waals surface area (Å²) < 4.78 is 15.9.